The third kappa shape index (κ3) is 10.5. The van der Waals surface area contributed by atoms with E-state index >= 15 is 0 Å². The number of carbonyl (C=O) groups is 3. The number of cyclic esters (lactones) is 1. The van der Waals surface area contributed by atoms with Crippen molar-refractivity contribution in [2.75, 3.05) is 26.9 Å². The molecular formula is C31H46O13. The Morgan fingerprint density at radius 3 is 2.52 bits per heavy atom. The van der Waals surface area contributed by atoms with Crippen molar-refractivity contribution in [1.82, 2.24) is 0 Å². The molecule has 3 heterocycles. The molecule has 44 heavy (non-hydrogen) atoms. The van der Waals surface area contributed by atoms with Gasteiger partial charge in [-0.15, -0.1) is 6.58 Å². The van der Waals surface area contributed by atoms with Gasteiger partial charge in [0.1, 0.15) is 6.10 Å². The maximum atomic E-state index is 12.6. The molecule has 2 fully saturated rings. The lowest BCUT2D eigenvalue weighted by molar-refractivity contribution is -0.306. The van der Waals surface area contributed by atoms with Crippen molar-refractivity contribution < 1.29 is 62.9 Å². The summed E-state index contributed by atoms with van der Waals surface area (Å²) < 4.78 is 39.7. The molecule has 13 heteroatoms. The van der Waals surface area contributed by atoms with Crippen LogP contribution in [0.25, 0.3) is 0 Å². The number of fused-ring (bicyclic) bond motifs is 4. The molecule has 9 atom stereocenters. The fraction of sp³-hybridized carbons (Fsp3) is 0.710. The van der Waals surface area contributed by atoms with Crippen molar-refractivity contribution in [2.24, 2.45) is 5.92 Å². The molecule has 0 radical (unpaired) electrons. The number of carbonyl (C=O) groups excluding carboxylic acids is 3. The second kappa shape index (κ2) is 17.2. The van der Waals surface area contributed by atoms with Crippen molar-refractivity contribution in [3.05, 3.63) is 36.5 Å². The van der Waals surface area contributed by atoms with Crippen LogP contribution in [0.4, 0.5) is 0 Å². The highest BCUT2D eigenvalue weighted by Gasteiger charge is 2.52. The smallest absolute Gasteiger partial charge is 0.330 e. The van der Waals surface area contributed by atoms with Crippen LogP contribution in [-0.2, 0) is 47.5 Å². The Hall–Kier alpha value is -2.65. The first kappa shape index (κ1) is 35.8. The maximum Gasteiger partial charge on any atom is 0.330 e. The van der Waals surface area contributed by atoms with Gasteiger partial charge >= 0.3 is 17.9 Å². The Morgan fingerprint density at radius 1 is 1.11 bits per heavy atom. The number of hydrogen-bond acceptors (Lipinski definition) is 13. The third-order valence-corrected chi connectivity index (χ3v) is 7.75. The Labute approximate surface area is 257 Å². The molecule has 1 unspecified atom stereocenters. The van der Waals surface area contributed by atoms with Gasteiger partial charge < -0.3 is 48.5 Å². The summed E-state index contributed by atoms with van der Waals surface area (Å²) in [4.78, 5) is 37.0. The van der Waals surface area contributed by atoms with Crippen molar-refractivity contribution >= 4 is 17.9 Å². The molecule has 3 N–H and O–H groups in total. The number of ether oxygens (including phenoxy) is 7. The van der Waals surface area contributed by atoms with E-state index in [0.29, 0.717) is 25.9 Å². The summed E-state index contributed by atoms with van der Waals surface area (Å²) >= 11 is 0. The van der Waals surface area contributed by atoms with Gasteiger partial charge in [-0.25, -0.2) is 4.79 Å². The highest BCUT2D eigenvalue weighted by atomic mass is 16.7. The molecule has 13 nitrogen and oxygen atoms in total. The molecule has 3 aliphatic heterocycles. The molecule has 0 aromatic carbocycles. The van der Waals surface area contributed by atoms with E-state index in [1.165, 1.54) is 14.0 Å². The molecular weight excluding hydrogens is 580 g/mol. The molecule has 0 amide bonds. The zero-order valence-corrected chi connectivity index (χ0v) is 25.6. The minimum Gasteiger partial charge on any atom is -0.466 e. The largest absolute Gasteiger partial charge is 0.466 e. The van der Waals surface area contributed by atoms with E-state index in [0.717, 1.165) is 6.08 Å². The average molecular weight is 627 g/mol. The number of rotatable bonds is 5. The van der Waals surface area contributed by atoms with Crippen LogP contribution in [0.3, 0.4) is 0 Å². The highest BCUT2D eigenvalue weighted by molar-refractivity contribution is 5.83. The number of methoxy groups -OCH3 is 1. The predicted molar refractivity (Wildman–Crippen MR) is 154 cm³/mol. The lowest BCUT2D eigenvalue weighted by atomic mass is 9.83. The van der Waals surface area contributed by atoms with Crippen LogP contribution < -0.4 is 0 Å². The molecule has 0 aromatic rings. The number of esters is 3. The summed E-state index contributed by atoms with van der Waals surface area (Å²) in [5.41, 5.74) is 0.211. The van der Waals surface area contributed by atoms with Gasteiger partial charge in [-0.05, 0) is 37.3 Å². The fourth-order valence-corrected chi connectivity index (χ4v) is 5.50. The first-order valence-corrected chi connectivity index (χ1v) is 15.0. The van der Waals surface area contributed by atoms with E-state index in [1.807, 2.05) is 0 Å². The lowest BCUT2D eigenvalue weighted by Gasteiger charge is -2.46. The van der Waals surface area contributed by atoms with Crippen LogP contribution in [-0.4, -0.2) is 109 Å². The Bertz CT molecular complexity index is 1040. The summed E-state index contributed by atoms with van der Waals surface area (Å²) in [7, 11) is 1.19. The third-order valence-electron chi connectivity index (χ3n) is 7.75. The maximum absolute atomic E-state index is 12.6. The standard InChI is InChI=1S/C31H46O13/c1-5-6-23-16-24-10-12-39-11-9-22(34)15-28(36)41-26(18-32)17-25-13-21(14-27(35)38-4)30(40-20(3)33)31(37,44-25)19(2)7-8-29(42-23)43-24/h5,7-8,14,19,22-26,29-30,32,34,37H,1,6,9-13,15-18H2,2-4H3/b8-7+,21-14+/t19-,22+,23-,24+,25?,26+,29-,30-,31-/m0/s1. The van der Waals surface area contributed by atoms with Gasteiger partial charge in [-0.3, -0.25) is 9.59 Å². The van der Waals surface area contributed by atoms with Gasteiger partial charge in [-0.1, -0.05) is 19.1 Å². The van der Waals surface area contributed by atoms with Crippen molar-refractivity contribution in [1.29, 1.82) is 0 Å². The summed E-state index contributed by atoms with van der Waals surface area (Å²) in [6.07, 6.45) is 2.20. The topological polar surface area (TPSA) is 177 Å². The minimum atomic E-state index is -2.20. The van der Waals surface area contributed by atoms with Crippen LogP contribution >= 0.6 is 0 Å². The minimum absolute atomic E-state index is 0.0143. The average Bonchev–Trinajstić information content (AvgIpc) is 2.96. The first-order valence-electron chi connectivity index (χ1n) is 15.0. The monoisotopic (exact) mass is 626 g/mol. The van der Waals surface area contributed by atoms with Crippen molar-refractivity contribution in [3.8, 4) is 0 Å². The molecule has 0 saturated carbocycles. The van der Waals surface area contributed by atoms with Crippen LogP contribution in [0.15, 0.2) is 36.5 Å². The van der Waals surface area contributed by atoms with Crippen molar-refractivity contribution in [3.63, 3.8) is 0 Å². The Morgan fingerprint density at radius 2 is 1.84 bits per heavy atom. The predicted octanol–water partition coefficient (Wildman–Crippen LogP) is 1.62. The molecule has 3 aliphatic rings. The molecule has 0 aromatic heterocycles. The summed E-state index contributed by atoms with van der Waals surface area (Å²) in [5.74, 6) is -5.25. The molecule has 4 bridgehead atoms. The molecule has 0 aliphatic carbocycles. The van der Waals surface area contributed by atoms with Crippen LogP contribution in [0.1, 0.15) is 58.8 Å². The first-order chi connectivity index (χ1) is 21.0. The van der Waals surface area contributed by atoms with Gasteiger partial charge in [0, 0.05) is 45.0 Å². The summed E-state index contributed by atoms with van der Waals surface area (Å²) in [6, 6.07) is 0. The van der Waals surface area contributed by atoms with E-state index in [1.54, 1.807) is 25.2 Å². The lowest BCUT2D eigenvalue weighted by Crippen LogP contribution is -2.58. The zero-order valence-electron chi connectivity index (χ0n) is 25.6. The SMILES string of the molecule is C=CC[C@H]1C[C@H]2CCOCC[C@@H](O)CC(=O)O[C@@H](CO)CC3C/C(=C\C(=O)OC)[C@H](OC(C)=O)[C@@](O)(O3)[C@@H](C)/C=C/[C@H](O2)O1. The van der Waals surface area contributed by atoms with E-state index in [4.69, 9.17) is 33.2 Å². The fourth-order valence-electron chi connectivity index (χ4n) is 5.50. The van der Waals surface area contributed by atoms with Crippen LogP contribution in [0, 0.1) is 5.92 Å². The van der Waals surface area contributed by atoms with Gasteiger partial charge in [0.05, 0.1) is 44.6 Å². The quantitative estimate of drug-likeness (QED) is 0.174. The second-order valence-electron chi connectivity index (χ2n) is 11.3. The van der Waals surface area contributed by atoms with Crippen LogP contribution in [0.2, 0.25) is 0 Å². The molecule has 0 spiro atoms. The van der Waals surface area contributed by atoms with Gasteiger partial charge in [0.25, 0.3) is 0 Å². The molecule has 2 saturated heterocycles. The van der Waals surface area contributed by atoms with Gasteiger partial charge in [0.15, 0.2) is 12.4 Å². The Kier molecular flexibility index (Phi) is 14.0. The zero-order chi connectivity index (χ0) is 32.3. The summed E-state index contributed by atoms with van der Waals surface area (Å²) in [5, 5.41) is 32.4. The summed E-state index contributed by atoms with van der Waals surface area (Å²) in [6.45, 7) is 6.63. The van der Waals surface area contributed by atoms with Gasteiger partial charge in [-0.2, -0.15) is 0 Å². The normalized spacial score (nSPS) is 37.7. The van der Waals surface area contributed by atoms with Crippen molar-refractivity contribution in [2.45, 2.75) is 107 Å². The molecule has 3 rings (SSSR count). The number of aliphatic hydroxyl groups is 3. The highest BCUT2D eigenvalue weighted by Crippen LogP contribution is 2.41. The van der Waals surface area contributed by atoms with E-state index < -0.39 is 66.9 Å². The molecule has 248 valence electrons. The number of aliphatic hydroxyl groups excluding tert-OH is 2. The number of hydrogen-bond donors (Lipinski definition) is 3. The second-order valence-corrected chi connectivity index (χ2v) is 11.3. The van der Waals surface area contributed by atoms with E-state index in [2.05, 4.69) is 6.58 Å². The van der Waals surface area contributed by atoms with Crippen LogP contribution in [0.5, 0.6) is 0 Å². The van der Waals surface area contributed by atoms with E-state index in [9.17, 15) is 29.7 Å². The van der Waals surface area contributed by atoms with Gasteiger partial charge in [0.2, 0.25) is 5.79 Å². The Balaban J connectivity index is 1.99. The van der Waals surface area contributed by atoms with E-state index in [-0.39, 0.29) is 50.1 Å².